The lowest BCUT2D eigenvalue weighted by Crippen LogP contribution is -2.13. The predicted octanol–water partition coefficient (Wildman–Crippen LogP) is 3.41. The largest absolute Gasteiger partial charge is 0.480 e. The van der Waals surface area contributed by atoms with Gasteiger partial charge >= 0.3 is 0 Å². The Bertz CT molecular complexity index is 614. The molecule has 19 heavy (non-hydrogen) atoms. The van der Waals surface area contributed by atoms with Crippen LogP contribution in [-0.2, 0) is 0 Å². The summed E-state index contributed by atoms with van der Waals surface area (Å²) in [5, 5.41) is 2.78. The molecule has 0 radical (unpaired) electrons. The maximum atomic E-state index is 12.1. The fraction of sp³-hybridized carbons (Fsp3) is 0.143. The number of benzene rings is 1. The number of nitrogens with one attached hydrogen (secondary N) is 1. The lowest BCUT2D eigenvalue weighted by Gasteiger charge is -2.09. The van der Waals surface area contributed by atoms with Crippen molar-refractivity contribution < 1.29 is 9.53 Å². The molecule has 1 aromatic carbocycles. The second-order valence-electron chi connectivity index (χ2n) is 3.98. The number of carbonyl (C=O) groups excluding carboxylic acids is 1. The average molecular weight is 321 g/mol. The Morgan fingerprint density at radius 1 is 1.37 bits per heavy atom. The molecule has 0 atom stereocenters. The summed E-state index contributed by atoms with van der Waals surface area (Å²) < 4.78 is 5.99. The number of aromatic nitrogens is 1. The molecule has 4 nitrogen and oxygen atoms in total. The van der Waals surface area contributed by atoms with E-state index in [-0.39, 0.29) is 5.91 Å². The van der Waals surface area contributed by atoms with E-state index in [2.05, 4.69) is 26.2 Å². The lowest BCUT2D eigenvalue weighted by atomic mass is 10.1. The van der Waals surface area contributed by atoms with Gasteiger partial charge in [0.15, 0.2) is 0 Å². The maximum Gasteiger partial charge on any atom is 0.255 e. The second-order valence-corrected chi connectivity index (χ2v) is 4.83. The van der Waals surface area contributed by atoms with Crippen LogP contribution in [0.3, 0.4) is 0 Å². The zero-order chi connectivity index (χ0) is 13.8. The molecule has 0 aliphatic heterocycles. The molecule has 5 heteroatoms. The summed E-state index contributed by atoms with van der Waals surface area (Å²) in [6.45, 7) is 1.97. The minimum Gasteiger partial charge on any atom is -0.480 e. The van der Waals surface area contributed by atoms with E-state index in [1.807, 2.05) is 13.0 Å². The fourth-order valence-corrected chi connectivity index (χ4v) is 1.96. The molecule has 0 fully saturated rings. The molecule has 98 valence electrons. The predicted molar refractivity (Wildman–Crippen MR) is 77.6 cm³/mol. The molecule has 2 rings (SSSR count). The molecule has 0 saturated carbocycles. The Labute approximate surface area is 119 Å². The van der Waals surface area contributed by atoms with E-state index < -0.39 is 0 Å². The van der Waals surface area contributed by atoms with Gasteiger partial charge in [0.25, 0.3) is 5.91 Å². The van der Waals surface area contributed by atoms with E-state index in [1.165, 1.54) is 7.11 Å². The number of nitrogens with zero attached hydrogens (tertiary/aromatic N) is 1. The average Bonchev–Trinajstić information content (AvgIpc) is 2.42. The highest BCUT2D eigenvalue weighted by molar-refractivity contribution is 9.10. The van der Waals surface area contributed by atoms with Gasteiger partial charge < -0.3 is 10.1 Å². The van der Waals surface area contributed by atoms with E-state index in [4.69, 9.17) is 4.74 Å². The molecule has 0 spiro atoms. The van der Waals surface area contributed by atoms with Crippen molar-refractivity contribution in [1.82, 2.24) is 4.98 Å². The van der Waals surface area contributed by atoms with Crippen LogP contribution in [0.4, 0.5) is 5.69 Å². The molecule has 2 aromatic rings. The summed E-state index contributed by atoms with van der Waals surface area (Å²) in [5.41, 5.74) is 2.20. The number of rotatable bonds is 3. The first-order valence-corrected chi connectivity index (χ1v) is 6.47. The third-order valence-corrected chi connectivity index (χ3v) is 3.50. The van der Waals surface area contributed by atoms with Crippen molar-refractivity contribution in [2.45, 2.75) is 6.92 Å². The van der Waals surface area contributed by atoms with Crippen LogP contribution < -0.4 is 10.1 Å². The Balaban J connectivity index is 2.23. The first kappa shape index (κ1) is 13.5. The number of anilines is 1. The number of halogens is 1. The van der Waals surface area contributed by atoms with Crippen LogP contribution in [0, 0.1) is 6.92 Å². The molecule has 0 bridgehead atoms. The molecule has 1 heterocycles. The van der Waals surface area contributed by atoms with Gasteiger partial charge in [-0.3, -0.25) is 4.79 Å². The van der Waals surface area contributed by atoms with Crippen molar-refractivity contribution in [2.24, 2.45) is 0 Å². The number of pyridine rings is 1. The number of hydrogen-bond donors (Lipinski definition) is 1. The van der Waals surface area contributed by atoms with Crippen LogP contribution in [0.1, 0.15) is 15.9 Å². The summed E-state index contributed by atoms with van der Waals surface area (Å²) in [7, 11) is 1.51. The Hall–Kier alpha value is -1.88. The normalized spacial score (nSPS) is 10.1. The summed E-state index contributed by atoms with van der Waals surface area (Å²) >= 11 is 3.41. The number of amides is 1. The van der Waals surface area contributed by atoms with Gasteiger partial charge in [0.2, 0.25) is 5.88 Å². The lowest BCUT2D eigenvalue weighted by molar-refractivity contribution is 0.102. The van der Waals surface area contributed by atoms with Crippen LogP contribution in [0.15, 0.2) is 41.0 Å². The van der Waals surface area contributed by atoms with Crippen molar-refractivity contribution >= 4 is 27.5 Å². The number of aryl methyl sites for hydroxylation is 1. The van der Waals surface area contributed by atoms with E-state index in [1.54, 1.807) is 30.5 Å². The van der Waals surface area contributed by atoms with Crippen LogP contribution >= 0.6 is 15.9 Å². The van der Waals surface area contributed by atoms with E-state index in [0.717, 1.165) is 10.0 Å². The topological polar surface area (TPSA) is 51.2 Å². The molecular weight excluding hydrogens is 308 g/mol. The van der Waals surface area contributed by atoms with Crippen LogP contribution in [0.25, 0.3) is 0 Å². The summed E-state index contributed by atoms with van der Waals surface area (Å²) in [6.07, 6.45) is 1.61. The Morgan fingerprint density at radius 3 is 2.84 bits per heavy atom. The van der Waals surface area contributed by atoms with Crippen molar-refractivity contribution in [1.29, 1.82) is 0 Å². The molecule has 1 aromatic heterocycles. The molecule has 1 amide bonds. The first-order chi connectivity index (χ1) is 9.11. The molecule has 1 N–H and O–H groups in total. The van der Waals surface area contributed by atoms with Crippen molar-refractivity contribution in [3.8, 4) is 5.88 Å². The smallest absolute Gasteiger partial charge is 0.255 e. The van der Waals surface area contributed by atoms with Gasteiger partial charge in [0.05, 0.1) is 7.11 Å². The van der Waals surface area contributed by atoms with Crippen molar-refractivity contribution in [2.75, 3.05) is 12.4 Å². The molecule has 0 aliphatic carbocycles. The highest BCUT2D eigenvalue weighted by atomic mass is 79.9. The zero-order valence-electron chi connectivity index (χ0n) is 10.6. The van der Waals surface area contributed by atoms with Crippen LogP contribution in [0.2, 0.25) is 0 Å². The maximum absolute atomic E-state index is 12.1. The first-order valence-electron chi connectivity index (χ1n) is 5.68. The van der Waals surface area contributed by atoms with E-state index in [9.17, 15) is 4.79 Å². The minimum atomic E-state index is -0.202. The quantitative estimate of drug-likeness (QED) is 0.942. The monoisotopic (exact) mass is 320 g/mol. The highest BCUT2D eigenvalue weighted by Crippen LogP contribution is 2.22. The molecule has 0 aliphatic rings. The van der Waals surface area contributed by atoms with Gasteiger partial charge in [-0.1, -0.05) is 22.0 Å². The molecular formula is C14H13BrN2O2. The van der Waals surface area contributed by atoms with Gasteiger partial charge in [-0.15, -0.1) is 0 Å². The van der Waals surface area contributed by atoms with Crippen LogP contribution in [0.5, 0.6) is 5.88 Å². The standard InChI is InChI=1S/C14H13BrN2O2/c1-9-5-6-10(8-11(9)15)13(18)17-12-4-3-7-16-14(12)19-2/h3-8H,1-2H3,(H,17,18). The van der Waals surface area contributed by atoms with Gasteiger partial charge in [0.1, 0.15) is 5.69 Å². The summed E-state index contributed by atoms with van der Waals surface area (Å²) in [5.74, 6) is 0.189. The Morgan fingerprint density at radius 2 is 2.16 bits per heavy atom. The van der Waals surface area contributed by atoms with E-state index >= 15 is 0 Å². The number of ether oxygens (including phenoxy) is 1. The van der Waals surface area contributed by atoms with Gasteiger partial charge in [0, 0.05) is 16.2 Å². The SMILES string of the molecule is COc1ncccc1NC(=O)c1ccc(C)c(Br)c1. The number of methoxy groups -OCH3 is 1. The molecule has 0 unspecified atom stereocenters. The summed E-state index contributed by atoms with van der Waals surface area (Å²) in [6, 6.07) is 8.93. The third-order valence-electron chi connectivity index (χ3n) is 2.65. The van der Waals surface area contributed by atoms with Crippen molar-refractivity contribution in [3.63, 3.8) is 0 Å². The van der Waals surface area contributed by atoms with E-state index in [0.29, 0.717) is 17.1 Å². The van der Waals surface area contributed by atoms with Crippen LogP contribution in [-0.4, -0.2) is 18.0 Å². The second kappa shape index (κ2) is 5.84. The number of hydrogen-bond acceptors (Lipinski definition) is 3. The zero-order valence-corrected chi connectivity index (χ0v) is 12.2. The highest BCUT2D eigenvalue weighted by Gasteiger charge is 2.10. The molecule has 0 saturated heterocycles. The van der Waals surface area contributed by atoms with Gasteiger partial charge in [-0.2, -0.15) is 0 Å². The van der Waals surface area contributed by atoms with Crippen molar-refractivity contribution in [3.05, 3.63) is 52.1 Å². The number of carbonyl (C=O) groups is 1. The Kier molecular flexibility index (Phi) is 4.16. The minimum absolute atomic E-state index is 0.202. The van der Waals surface area contributed by atoms with Gasteiger partial charge in [-0.25, -0.2) is 4.98 Å². The fourth-order valence-electron chi connectivity index (χ4n) is 1.58. The summed E-state index contributed by atoms with van der Waals surface area (Å²) in [4.78, 5) is 16.2. The third kappa shape index (κ3) is 3.12. The van der Waals surface area contributed by atoms with Gasteiger partial charge in [-0.05, 0) is 36.8 Å².